The summed E-state index contributed by atoms with van der Waals surface area (Å²) in [5, 5.41) is 4.81. The quantitative estimate of drug-likeness (QED) is 0.692. The van der Waals surface area contributed by atoms with Crippen molar-refractivity contribution in [2.45, 2.75) is 95.3 Å². The number of carbonyl (C=O) groups is 1. The highest BCUT2D eigenvalue weighted by molar-refractivity contribution is 8.05. The molecule has 0 radical (unpaired) electrons. The maximum atomic E-state index is 12.3. The average Bonchev–Trinajstić information content (AvgIpc) is 2.45. The molecule has 0 aromatic carbocycles. The van der Waals surface area contributed by atoms with Crippen LogP contribution in [0.1, 0.15) is 85.0 Å². The molecule has 3 aliphatic rings. The molecule has 0 spiro atoms. The number of ketones is 1. The molecule has 2 nitrogen and oxygen atoms in total. The zero-order valence-electron chi connectivity index (χ0n) is 15.8. The predicted octanol–water partition coefficient (Wildman–Crippen LogP) is 5.68. The van der Waals surface area contributed by atoms with Gasteiger partial charge in [0.15, 0.2) is 0 Å². The highest BCUT2D eigenvalue weighted by atomic mass is 32.2. The van der Waals surface area contributed by atoms with Gasteiger partial charge in [-0.2, -0.15) is 0 Å². The highest BCUT2D eigenvalue weighted by Gasteiger charge is 2.43. The summed E-state index contributed by atoms with van der Waals surface area (Å²) in [6, 6.07) is 0. The third kappa shape index (κ3) is 4.03. The van der Waals surface area contributed by atoms with Crippen molar-refractivity contribution in [3.63, 3.8) is 0 Å². The molecule has 0 aromatic heterocycles. The van der Waals surface area contributed by atoms with Gasteiger partial charge in [-0.3, -0.25) is 4.79 Å². The minimum Gasteiger partial charge on any atom is -0.375 e. The van der Waals surface area contributed by atoms with Crippen LogP contribution in [0, 0.1) is 17.8 Å². The minimum atomic E-state index is -0.211. The first kappa shape index (κ1) is 18.4. The third-order valence-corrected chi connectivity index (χ3v) is 8.11. The summed E-state index contributed by atoms with van der Waals surface area (Å²) in [5.41, 5.74) is 0.171. The van der Waals surface area contributed by atoms with E-state index in [2.05, 4.69) is 25.7 Å². The third-order valence-electron chi connectivity index (χ3n) is 6.68. The Morgan fingerprint density at radius 1 is 1.08 bits per heavy atom. The van der Waals surface area contributed by atoms with E-state index in [0.717, 1.165) is 35.6 Å². The summed E-state index contributed by atoms with van der Waals surface area (Å²) < 4.78 is -0.211. The second-order valence-electron chi connectivity index (χ2n) is 9.27. The maximum absolute atomic E-state index is 12.3. The van der Waals surface area contributed by atoms with Crippen LogP contribution < -0.4 is 5.32 Å². The molecule has 0 amide bonds. The first-order valence-corrected chi connectivity index (χ1v) is 10.8. The lowest BCUT2D eigenvalue weighted by Gasteiger charge is -2.48. The minimum absolute atomic E-state index is 0.171. The lowest BCUT2D eigenvalue weighted by Crippen LogP contribution is -2.50. The number of hydrogen-bond donors (Lipinski definition) is 1. The lowest BCUT2D eigenvalue weighted by atomic mass is 9.63. The average molecular weight is 350 g/mol. The predicted molar refractivity (Wildman–Crippen MR) is 104 cm³/mol. The SMILES string of the molecule is C=C(NC1(C)CC2CC(C)CC(C2)C1)SC1(C(C)=O)CCCCC1. The van der Waals surface area contributed by atoms with E-state index in [1.165, 1.54) is 51.4 Å². The van der Waals surface area contributed by atoms with Crippen molar-refractivity contribution in [3.05, 3.63) is 11.6 Å². The molecule has 0 saturated heterocycles. The van der Waals surface area contributed by atoms with Crippen molar-refractivity contribution < 1.29 is 4.79 Å². The maximum Gasteiger partial charge on any atom is 0.146 e. The van der Waals surface area contributed by atoms with Gasteiger partial charge in [-0.05, 0) is 76.5 Å². The molecule has 136 valence electrons. The van der Waals surface area contributed by atoms with E-state index < -0.39 is 0 Å². The van der Waals surface area contributed by atoms with Crippen molar-refractivity contribution in [2.75, 3.05) is 0 Å². The van der Waals surface area contributed by atoms with Gasteiger partial charge in [-0.15, -0.1) is 0 Å². The zero-order valence-corrected chi connectivity index (χ0v) is 16.6. The number of thioether (sulfide) groups is 1. The van der Waals surface area contributed by atoms with Crippen LogP contribution in [0.3, 0.4) is 0 Å². The molecule has 2 bridgehead atoms. The van der Waals surface area contributed by atoms with Gasteiger partial charge in [0.05, 0.1) is 9.78 Å². The molecular formula is C21H35NOS. The molecule has 0 aliphatic heterocycles. The topological polar surface area (TPSA) is 29.1 Å². The van der Waals surface area contributed by atoms with Crippen LogP contribution in [0.4, 0.5) is 0 Å². The lowest BCUT2D eigenvalue weighted by molar-refractivity contribution is -0.120. The van der Waals surface area contributed by atoms with Crippen molar-refractivity contribution in [1.82, 2.24) is 5.32 Å². The second kappa shape index (κ2) is 7.05. The summed E-state index contributed by atoms with van der Waals surface area (Å²) in [6.07, 6.45) is 12.4. The first-order valence-electron chi connectivity index (χ1n) is 9.97. The Balaban J connectivity index is 1.62. The van der Waals surface area contributed by atoms with E-state index in [1.54, 1.807) is 18.7 Å². The molecule has 0 heterocycles. The fraction of sp³-hybridized carbons (Fsp3) is 0.857. The Hall–Kier alpha value is -0.440. The van der Waals surface area contributed by atoms with Gasteiger partial charge < -0.3 is 5.32 Å². The standard InChI is InChI=1S/C21H35NOS/c1-15-10-18-12-19(11-15)14-20(4,13-18)22-17(3)24-21(16(2)23)8-6-5-7-9-21/h15,18-19,22H,3,5-14H2,1-2,4H3. The number of Topliss-reactive ketones (excluding diaryl/α,β-unsaturated/α-hetero) is 1. The number of hydrogen-bond acceptors (Lipinski definition) is 3. The van der Waals surface area contributed by atoms with Crippen LogP contribution in [0.25, 0.3) is 0 Å². The van der Waals surface area contributed by atoms with E-state index >= 15 is 0 Å². The molecule has 3 fully saturated rings. The molecular weight excluding hydrogens is 314 g/mol. The second-order valence-corrected chi connectivity index (χ2v) is 10.8. The highest BCUT2D eigenvalue weighted by Crippen LogP contribution is 2.48. The monoisotopic (exact) mass is 349 g/mol. The smallest absolute Gasteiger partial charge is 0.146 e. The van der Waals surface area contributed by atoms with E-state index in [1.807, 2.05) is 0 Å². The van der Waals surface area contributed by atoms with E-state index in [4.69, 9.17) is 0 Å². The Kier molecular flexibility index (Phi) is 5.39. The molecule has 1 N–H and O–H groups in total. The fourth-order valence-electron chi connectivity index (χ4n) is 5.94. The normalized spacial score (nSPS) is 38.4. The van der Waals surface area contributed by atoms with Crippen LogP contribution in [0.2, 0.25) is 0 Å². The largest absolute Gasteiger partial charge is 0.375 e. The number of carbonyl (C=O) groups excluding carboxylic acids is 1. The Morgan fingerprint density at radius 2 is 1.67 bits per heavy atom. The van der Waals surface area contributed by atoms with Gasteiger partial charge in [-0.25, -0.2) is 0 Å². The van der Waals surface area contributed by atoms with Crippen LogP contribution in [-0.2, 0) is 4.79 Å². The zero-order chi connectivity index (χ0) is 17.4. The summed E-state index contributed by atoms with van der Waals surface area (Å²) in [6.45, 7) is 10.9. The molecule has 3 saturated carbocycles. The van der Waals surface area contributed by atoms with E-state index in [-0.39, 0.29) is 10.3 Å². The molecule has 3 aliphatic carbocycles. The Bertz CT molecular complexity index is 476. The van der Waals surface area contributed by atoms with Crippen molar-refractivity contribution in [3.8, 4) is 0 Å². The summed E-state index contributed by atoms with van der Waals surface area (Å²) >= 11 is 1.74. The van der Waals surface area contributed by atoms with Gasteiger partial charge in [-0.1, -0.05) is 44.5 Å². The summed E-state index contributed by atoms with van der Waals surface area (Å²) in [4.78, 5) is 12.3. The number of nitrogens with one attached hydrogen (secondary N) is 1. The van der Waals surface area contributed by atoms with Gasteiger partial charge in [0, 0.05) is 5.54 Å². The first-order chi connectivity index (χ1) is 11.3. The molecule has 2 atom stereocenters. The van der Waals surface area contributed by atoms with Gasteiger partial charge in [0.25, 0.3) is 0 Å². The molecule has 3 rings (SSSR count). The number of rotatable bonds is 5. The van der Waals surface area contributed by atoms with Crippen molar-refractivity contribution >= 4 is 17.5 Å². The van der Waals surface area contributed by atoms with Gasteiger partial charge in [0.1, 0.15) is 5.78 Å². The summed E-state index contributed by atoms with van der Waals surface area (Å²) in [7, 11) is 0. The molecule has 3 heteroatoms. The molecule has 24 heavy (non-hydrogen) atoms. The van der Waals surface area contributed by atoms with Crippen molar-refractivity contribution in [1.29, 1.82) is 0 Å². The Morgan fingerprint density at radius 3 is 2.21 bits per heavy atom. The molecule has 0 aromatic rings. The van der Waals surface area contributed by atoms with E-state index in [9.17, 15) is 4.79 Å². The van der Waals surface area contributed by atoms with Crippen LogP contribution >= 0.6 is 11.8 Å². The van der Waals surface area contributed by atoms with Crippen molar-refractivity contribution in [2.24, 2.45) is 17.8 Å². The molecule has 2 unspecified atom stereocenters. The van der Waals surface area contributed by atoms with E-state index in [0.29, 0.717) is 5.78 Å². The fourth-order valence-corrected chi connectivity index (χ4v) is 7.34. The van der Waals surface area contributed by atoms with Crippen LogP contribution in [0.15, 0.2) is 11.6 Å². The van der Waals surface area contributed by atoms with Gasteiger partial charge in [0.2, 0.25) is 0 Å². The Labute approximate surface area is 152 Å². The number of fused-ring (bicyclic) bond motifs is 2. The summed E-state index contributed by atoms with van der Waals surface area (Å²) in [5.74, 6) is 2.99. The van der Waals surface area contributed by atoms with Crippen LogP contribution in [-0.4, -0.2) is 16.1 Å². The van der Waals surface area contributed by atoms with Gasteiger partial charge >= 0.3 is 0 Å². The van der Waals surface area contributed by atoms with Crippen LogP contribution in [0.5, 0.6) is 0 Å².